The van der Waals surface area contributed by atoms with Crippen molar-refractivity contribution in [1.82, 2.24) is 25.3 Å². The molecule has 1 saturated heterocycles. The van der Waals surface area contributed by atoms with Crippen molar-refractivity contribution in [2.75, 3.05) is 25.0 Å². The molecule has 0 aromatic carbocycles. The third-order valence-electron chi connectivity index (χ3n) is 5.33. The lowest BCUT2D eigenvalue weighted by Crippen LogP contribution is -2.60. The summed E-state index contributed by atoms with van der Waals surface area (Å²) in [5.41, 5.74) is 2.49. The SMILES string of the molecule is CN(C(=O)c1cc(C(C)(C)C)[nH]n1)C1CN(c2ccc(C3CC3)nn2)C1. The topological polar surface area (TPSA) is 78.0 Å². The molecule has 2 aliphatic rings. The first kappa shape index (κ1) is 17.0. The van der Waals surface area contributed by atoms with E-state index < -0.39 is 0 Å². The minimum Gasteiger partial charge on any atom is -0.351 e. The van der Waals surface area contributed by atoms with Gasteiger partial charge in [0, 0.05) is 37.2 Å². The number of carbonyl (C=O) groups is 1. The average Bonchev–Trinajstić information content (AvgIpc) is 3.28. The zero-order valence-corrected chi connectivity index (χ0v) is 15.9. The Bertz CT molecular complexity index is 796. The maximum Gasteiger partial charge on any atom is 0.274 e. The summed E-state index contributed by atoms with van der Waals surface area (Å²) in [5, 5.41) is 15.9. The summed E-state index contributed by atoms with van der Waals surface area (Å²) in [7, 11) is 1.84. The molecule has 26 heavy (non-hydrogen) atoms. The van der Waals surface area contributed by atoms with E-state index in [1.54, 1.807) is 4.90 Å². The molecular weight excluding hydrogens is 328 g/mol. The first-order valence-corrected chi connectivity index (χ1v) is 9.24. The van der Waals surface area contributed by atoms with Crippen LogP contribution in [-0.4, -0.2) is 57.4 Å². The number of anilines is 1. The molecular formula is C19H26N6O. The Kier molecular flexibility index (Phi) is 3.97. The number of likely N-dealkylation sites (N-methyl/N-ethyl adjacent to an activating group) is 1. The molecule has 0 unspecified atom stereocenters. The van der Waals surface area contributed by atoms with Gasteiger partial charge < -0.3 is 9.80 Å². The van der Waals surface area contributed by atoms with Gasteiger partial charge in [-0.25, -0.2) is 0 Å². The minimum absolute atomic E-state index is 0.0448. The highest BCUT2D eigenvalue weighted by Crippen LogP contribution is 2.38. The fourth-order valence-electron chi connectivity index (χ4n) is 3.15. The highest BCUT2D eigenvalue weighted by molar-refractivity contribution is 5.92. The van der Waals surface area contributed by atoms with Gasteiger partial charge in [0.25, 0.3) is 5.91 Å². The van der Waals surface area contributed by atoms with Crippen molar-refractivity contribution in [3.63, 3.8) is 0 Å². The summed E-state index contributed by atoms with van der Waals surface area (Å²) in [4.78, 5) is 16.6. The van der Waals surface area contributed by atoms with Crippen LogP contribution in [0, 0.1) is 0 Å². The Morgan fingerprint density at radius 2 is 1.96 bits per heavy atom. The number of hydrogen-bond acceptors (Lipinski definition) is 5. The molecule has 1 amide bonds. The number of carbonyl (C=O) groups excluding carboxylic acids is 1. The summed E-state index contributed by atoms with van der Waals surface area (Å²) in [6.45, 7) is 7.83. The van der Waals surface area contributed by atoms with Gasteiger partial charge in [-0.05, 0) is 31.0 Å². The predicted molar refractivity (Wildman–Crippen MR) is 99.4 cm³/mol. The van der Waals surface area contributed by atoms with Crippen molar-refractivity contribution in [1.29, 1.82) is 0 Å². The molecule has 4 rings (SSSR count). The summed E-state index contributed by atoms with van der Waals surface area (Å²) >= 11 is 0. The predicted octanol–water partition coefficient (Wildman–Crippen LogP) is 2.34. The first-order chi connectivity index (χ1) is 12.3. The number of rotatable bonds is 4. The molecule has 2 aromatic rings. The Hall–Kier alpha value is -2.44. The summed E-state index contributed by atoms with van der Waals surface area (Å²) in [6.07, 6.45) is 2.47. The van der Waals surface area contributed by atoms with Crippen LogP contribution in [-0.2, 0) is 5.41 Å². The fourth-order valence-corrected chi connectivity index (χ4v) is 3.15. The van der Waals surface area contributed by atoms with Gasteiger partial charge in [0.05, 0.1) is 11.7 Å². The fraction of sp³-hybridized carbons (Fsp3) is 0.579. The molecule has 0 bridgehead atoms. The van der Waals surface area contributed by atoms with Gasteiger partial charge >= 0.3 is 0 Å². The van der Waals surface area contributed by atoms with E-state index >= 15 is 0 Å². The van der Waals surface area contributed by atoms with Crippen molar-refractivity contribution < 1.29 is 4.79 Å². The second kappa shape index (κ2) is 6.07. The first-order valence-electron chi connectivity index (χ1n) is 9.24. The molecule has 138 valence electrons. The zero-order valence-electron chi connectivity index (χ0n) is 15.9. The van der Waals surface area contributed by atoms with Crippen LogP contribution in [0.1, 0.15) is 61.4 Å². The number of nitrogens with one attached hydrogen (secondary N) is 1. The highest BCUT2D eigenvalue weighted by atomic mass is 16.2. The van der Waals surface area contributed by atoms with Crippen LogP contribution in [0.4, 0.5) is 5.82 Å². The molecule has 1 saturated carbocycles. The number of H-pyrrole nitrogens is 1. The Morgan fingerprint density at radius 3 is 2.50 bits per heavy atom. The molecule has 0 atom stereocenters. The number of nitrogens with zero attached hydrogens (tertiary/aromatic N) is 5. The van der Waals surface area contributed by atoms with E-state index in [1.165, 1.54) is 12.8 Å². The van der Waals surface area contributed by atoms with Crippen molar-refractivity contribution >= 4 is 11.7 Å². The molecule has 2 fully saturated rings. The van der Waals surface area contributed by atoms with E-state index in [9.17, 15) is 4.79 Å². The number of hydrogen-bond donors (Lipinski definition) is 1. The Morgan fingerprint density at radius 1 is 1.23 bits per heavy atom. The van der Waals surface area contributed by atoms with Gasteiger partial charge in [-0.15, -0.1) is 5.10 Å². The van der Waals surface area contributed by atoms with Crippen LogP contribution >= 0.6 is 0 Å². The smallest absolute Gasteiger partial charge is 0.274 e. The lowest BCUT2D eigenvalue weighted by Gasteiger charge is -2.44. The lowest BCUT2D eigenvalue weighted by molar-refractivity contribution is 0.0699. The third kappa shape index (κ3) is 3.18. The van der Waals surface area contributed by atoms with Crippen molar-refractivity contribution in [2.45, 2.75) is 51.0 Å². The van der Waals surface area contributed by atoms with Crippen LogP contribution in [0.25, 0.3) is 0 Å². The normalized spacial score (nSPS) is 17.9. The quantitative estimate of drug-likeness (QED) is 0.912. The van der Waals surface area contributed by atoms with Crippen molar-refractivity contribution in [3.8, 4) is 0 Å². The summed E-state index contributed by atoms with van der Waals surface area (Å²) in [6, 6.07) is 6.15. The molecule has 1 aliphatic carbocycles. The summed E-state index contributed by atoms with van der Waals surface area (Å²) < 4.78 is 0. The Labute approximate surface area is 153 Å². The van der Waals surface area contributed by atoms with E-state index in [0.717, 1.165) is 30.3 Å². The van der Waals surface area contributed by atoms with Gasteiger partial charge in [-0.3, -0.25) is 9.89 Å². The van der Waals surface area contributed by atoms with E-state index in [0.29, 0.717) is 11.6 Å². The molecule has 1 aliphatic heterocycles. The second-order valence-electron chi connectivity index (χ2n) is 8.48. The average molecular weight is 354 g/mol. The standard InChI is InChI=1S/C19H26N6O/c1-19(2,3)16-9-15(21-22-16)18(26)24(4)13-10-25(11-13)17-8-7-14(20-23-17)12-5-6-12/h7-9,12-13H,5-6,10-11H2,1-4H3,(H,21,22). The highest BCUT2D eigenvalue weighted by Gasteiger charge is 2.35. The van der Waals surface area contributed by atoms with Gasteiger partial charge in [-0.1, -0.05) is 20.8 Å². The number of aromatic nitrogens is 4. The van der Waals surface area contributed by atoms with E-state index in [4.69, 9.17) is 0 Å². The van der Waals surface area contributed by atoms with Crippen molar-refractivity contribution in [3.05, 3.63) is 35.3 Å². The molecule has 7 heteroatoms. The maximum atomic E-state index is 12.7. The molecule has 2 aromatic heterocycles. The van der Waals surface area contributed by atoms with Crippen LogP contribution in [0.2, 0.25) is 0 Å². The monoisotopic (exact) mass is 354 g/mol. The Balaban J connectivity index is 1.35. The van der Waals surface area contributed by atoms with Gasteiger partial charge in [0.1, 0.15) is 5.69 Å². The van der Waals surface area contributed by atoms with Crippen LogP contribution in [0.5, 0.6) is 0 Å². The molecule has 1 N–H and O–H groups in total. The number of amides is 1. The molecule has 7 nitrogen and oxygen atoms in total. The minimum atomic E-state index is -0.0529. The number of aromatic amines is 1. The van der Waals surface area contributed by atoms with Crippen LogP contribution in [0.15, 0.2) is 18.2 Å². The lowest BCUT2D eigenvalue weighted by atomic mass is 9.92. The van der Waals surface area contributed by atoms with Crippen molar-refractivity contribution in [2.24, 2.45) is 0 Å². The second-order valence-corrected chi connectivity index (χ2v) is 8.48. The maximum absolute atomic E-state index is 12.7. The van der Waals surface area contributed by atoms with Gasteiger partial charge in [0.2, 0.25) is 0 Å². The van der Waals surface area contributed by atoms with Gasteiger partial charge in [-0.2, -0.15) is 10.2 Å². The van der Waals surface area contributed by atoms with Crippen LogP contribution in [0.3, 0.4) is 0 Å². The molecule has 0 spiro atoms. The van der Waals surface area contributed by atoms with Gasteiger partial charge in [0.15, 0.2) is 5.82 Å². The van der Waals surface area contributed by atoms with E-state index in [2.05, 4.69) is 52.1 Å². The largest absolute Gasteiger partial charge is 0.351 e. The van der Waals surface area contributed by atoms with E-state index in [1.807, 2.05) is 19.2 Å². The third-order valence-corrected chi connectivity index (χ3v) is 5.33. The molecule has 3 heterocycles. The van der Waals surface area contributed by atoms with Crippen LogP contribution < -0.4 is 4.90 Å². The molecule has 0 radical (unpaired) electrons. The summed E-state index contributed by atoms with van der Waals surface area (Å²) in [5.74, 6) is 1.47. The zero-order chi connectivity index (χ0) is 18.5. The van der Waals surface area contributed by atoms with E-state index in [-0.39, 0.29) is 17.4 Å².